The fraction of sp³-hybridized carbons (Fsp3) is 0.429. The first kappa shape index (κ1) is 13.3. The minimum atomic E-state index is -0.538. The van der Waals surface area contributed by atoms with Gasteiger partial charge in [-0.1, -0.05) is 11.6 Å². The molecule has 104 valence electrons. The van der Waals surface area contributed by atoms with E-state index in [1.165, 1.54) is 18.2 Å². The number of halogens is 2. The Morgan fingerprint density at radius 1 is 1.50 bits per heavy atom. The van der Waals surface area contributed by atoms with Crippen LogP contribution >= 0.6 is 11.6 Å². The van der Waals surface area contributed by atoms with Crippen LogP contribution in [0.3, 0.4) is 0 Å². The molecule has 20 heavy (non-hydrogen) atoms. The standard InChI is InChI=1S/C14H12ClFN2O2/c15-10-7-9(1-2-11(10)16)13(19)18-5-3-14(4-6-18)12(8-17)20-14/h1-2,7,12H,3-6H2/t12-/m0/s1. The number of hydrogen-bond donors (Lipinski definition) is 0. The minimum Gasteiger partial charge on any atom is -0.350 e. The van der Waals surface area contributed by atoms with E-state index in [-0.39, 0.29) is 22.6 Å². The highest BCUT2D eigenvalue weighted by molar-refractivity contribution is 6.31. The molecule has 2 aliphatic rings. The lowest BCUT2D eigenvalue weighted by Gasteiger charge is -2.30. The minimum absolute atomic E-state index is 0.0561. The fourth-order valence-electron chi connectivity index (χ4n) is 2.62. The molecule has 4 nitrogen and oxygen atoms in total. The molecular weight excluding hydrogens is 283 g/mol. The van der Waals surface area contributed by atoms with Gasteiger partial charge in [-0.3, -0.25) is 4.79 Å². The van der Waals surface area contributed by atoms with E-state index < -0.39 is 5.82 Å². The maximum atomic E-state index is 13.1. The van der Waals surface area contributed by atoms with Crippen molar-refractivity contribution >= 4 is 17.5 Å². The van der Waals surface area contributed by atoms with Crippen molar-refractivity contribution in [3.8, 4) is 6.07 Å². The van der Waals surface area contributed by atoms with Crippen molar-refractivity contribution in [1.82, 2.24) is 4.90 Å². The van der Waals surface area contributed by atoms with Crippen LogP contribution < -0.4 is 0 Å². The summed E-state index contributed by atoms with van der Waals surface area (Å²) in [4.78, 5) is 14.0. The van der Waals surface area contributed by atoms with Gasteiger partial charge >= 0.3 is 0 Å². The normalized spacial score (nSPS) is 23.4. The van der Waals surface area contributed by atoms with E-state index in [2.05, 4.69) is 6.07 Å². The number of carbonyl (C=O) groups excluding carboxylic acids is 1. The van der Waals surface area contributed by atoms with E-state index in [0.717, 1.165) is 0 Å². The van der Waals surface area contributed by atoms with Gasteiger partial charge in [-0.25, -0.2) is 4.39 Å². The van der Waals surface area contributed by atoms with Crippen molar-refractivity contribution in [3.63, 3.8) is 0 Å². The Kier molecular flexibility index (Phi) is 3.15. The van der Waals surface area contributed by atoms with Gasteiger partial charge in [0.05, 0.1) is 11.1 Å². The predicted octanol–water partition coefficient (Wildman–Crippen LogP) is 2.38. The van der Waals surface area contributed by atoms with Gasteiger partial charge in [-0.15, -0.1) is 0 Å². The maximum Gasteiger partial charge on any atom is 0.253 e. The Morgan fingerprint density at radius 2 is 2.20 bits per heavy atom. The van der Waals surface area contributed by atoms with Gasteiger partial charge in [0.25, 0.3) is 5.91 Å². The summed E-state index contributed by atoms with van der Waals surface area (Å²) in [5.74, 6) is -0.708. The van der Waals surface area contributed by atoms with Gasteiger partial charge < -0.3 is 9.64 Å². The molecule has 1 amide bonds. The average Bonchev–Trinajstić information content (AvgIpc) is 3.15. The summed E-state index contributed by atoms with van der Waals surface area (Å²) < 4.78 is 18.5. The molecule has 1 spiro atoms. The third kappa shape index (κ3) is 2.15. The zero-order valence-electron chi connectivity index (χ0n) is 10.6. The van der Waals surface area contributed by atoms with E-state index in [0.29, 0.717) is 31.5 Å². The summed E-state index contributed by atoms with van der Waals surface area (Å²) in [7, 11) is 0. The highest BCUT2D eigenvalue weighted by Crippen LogP contribution is 2.44. The molecule has 1 aromatic carbocycles. The lowest BCUT2D eigenvalue weighted by atomic mass is 9.93. The Morgan fingerprint density at radius 3 is 2.75 bits per heavy atom. The summed E-state index contributed by atoms with van der Waals surface area (Å²) >= 11 is 5.69. The smallest absolute Gasteiger partial charge is 0.253 e. The Bertz CT molecular complexity index is 606. The number of nitrogens with zero attached hydrogens (tertiary/aromatic N) is 2. The number of nitriles is 1. The summed E-state index contributed by atoms with van der Waals surface area (Å²) in [6.45, 7) is 1.07. The second kappa shape index (κ2) is 4.72. The van der Waals surface area contributed by atoms with Crippen molar-refractivity contribution in [1.29, 1.82) is 5.26 Å². The van der Waals surface area contributed by atoms with Crippen molar-refractivity contribution in [2.45, 2.75) is 24.5 Å². The molecule has 0 bridgehead atoms. The van der Waals surface area contributed by atoms with Crippen molar-refractivity contribution in [3.05, 3.63) is 34.6 Å². The molecule has 0 aromatic heterocycles. The molecule has 6 heteroatoms. The maximum absolute atomic E-state index is 13.1. The number of carbonyl (C=O) groups is 1. The number of hydrogen-bond acceptors (Lipinski definition) is 3. The first-order valence-electron chi connectivity index (χ1n) is 6.37. The van der Waals surface area contributed by atoms with Crippen LogP contribution in [-0.2, 0) is 4.74 Å². The molecule has 0 unspecified atom stereocenters. The molecule has 2 heterocycles. The third-order valence-corrected chi connectivity index (χ3v) is 4.24. The monoisotopic (exact) mass is 294 g/mol. The van der Waals surface area contributed by atoms with Crippen LogP contribution in [0.25, 0.3) is 0 Å². The highest BCUT2D eigenvalue weighted by Gasteiger charge is 2.58. The summed E-state index contributed by atoms with van der Waals surface area (Å²) in [6, 6.07) is 6.07. The number of piperidine rings is 1. The molecule has 0 N–H and O–H groups in total. The molecule has 0 saturated carbocycles. The molecule has 2 aliphatic heterocycles. The molecule has 2 saturated heterocycles. The van der Waals surface area contributed by atoms with Crippen molar-refractivity contribution in [2.75, 3.05) is 13.1 Å². The zero-order valence-corrected chi connectivity index (χ0v) is 11.4. The van der Waals surface area contributed by atoms with Crippen LogP contribution in [0.4, 0.5) is 4.39 Å². The van der Waals surface area contributed by atoms with Gasteiger partial charge in [0.1, 0.15) is 11.4 Å². The Labute approximate surface area is 120 Å². The molecule has 2 fully saturated rings. The summed E-state index contributed by atoms with van der Waals surface area (Å²) in [5, 5.41) is 8.77. The lowest BCUT2D eigenvalue weighted by molar-refractivity contribution is 0.0663. The number of likely N-dealkylation sites (tertiary alicyclic amines) is 1. The highest BCUT2D eigenvalue weighted by atomic mass is 35.5. The Hall–Kier alpha value is -1.64. The molecule has 0 radical (unpaired) electrons. The average molecular weight is 295 g/mol. The van der Waals surface area contributed by atoms with Crippen LogP contribution in [0, 0.1) is 17.1 Å². The van der Waals surface area contributed by atoms with Crippen LogP contribution in [0.15, 0.2) is 18.2 Å². The van der Waals surface area contributed by atoms with Crippen LogP contribution in [-0.4, -0.2) is 35.6 Å². The van der Waals surface area contributed by atoms with E-state index >= 15 is 0 Å². The first-order valence-corrected chi connectivity index (χ1v) is 6.75. The topological polar surface area (TPSA) is 56.6 Å². The molecule has 3 rings (SSSR count). The van der Waals surface area contributed by atoms with Crippen LogP contribution in [0.5, 0.6) is 0 Å². The third-order valence-electron chi connectivity index (χ3n) is 3.95. The second-order valence-electron chi connectivity index (χ2n) is 5.11. The molecule has 1 aromatic rings. The van der Waals surface area contributed by atoms with Crippen LogP contribution in [0.2, 0.25) is 5.02 Å². The SMILES string of the molecule is N#C[C@@H]1OC12CCN(C(=O)c1ccc(F)c(Cl)c1)CC2. The van der Waals surface area contributed by atoms with Gasteiger partial charge in [0.15, 0.2) is 6.10 Å². The zero-order chi connectivity index (χ0) is 14.3. The molecular formula is C14H12ClFN2O2. The summed E-state index contributed by atoms with van der Waals surface area (Å²) in [6.07, 6.45) is 0.984. The number of rotatable bonds is 1. The van der Waals surface area contributed by atoms with Gasteiger partial charge in [-0.05, 0) is 31.0 Å². The van der Waals surface area contributed by atoms with E-state index in [1.54, 1.807) is 4.90 Å². The van der Waals surface area contributed by atoms with E-state index in [9.17, 15) is 9.18 Å². The Balaban J connectivity index is 1.68. The largest absolute Gasteiger partial charge is 0.350 e. The fourth-order valence-corrected chi connectivity index (χ4v) is 2.81. The predicted molar refractivity (Wildman–Crippen MR) is 69.8 cm³/mol. The van der Waals surface area contributed by atoms with Gasteiger partial charge in [0, 0.05) is 18.7 Å². The van der Waals surface area contributed by atoms with Crippen molar-refractivity contribution < 1.29 is 13.9 Å². The van der Waals surface area contributed by atoms with E-state index in [4.69, 9.17) is 21.6 Å². The first-order chi connectivity index (χ1) is 9.55. The van der Waals surface area contributed by atoms with Gasteiger partial charge in [-0.2, -0.15) is 5.26 Å². The second-order valence-corrected chi connectivity index (χ2v) is 5.52. The number of epoxide rings is 1. The number of amides is 1. The molecule has 1 atom stereocenters. The van der Waals surface area contributed by atoms with Crippen molar-refractivity contribution in [2.24, 2.45) is 0 Å². The number of benzene rings is 1. The van der Waals surface area contributed by atoms with E-state index in [1.807, 2.05) is 0 Å². The lowest BCUT2D eigenvalue weighted by Crippen LogP contribution is -2.42. The number of ether oxygens (including phenoxy) is 1. The van der Waals surface area contributed by atoms with Gasteiger partial charge in [0.2, 0.25) is 0 Å². The summed E-state index contributed by atoms with van der Waals surface area (Å²) in [5.41, 5.74) is 0.0345. The van der Waals surface area contributed by atoms with Crippen LogP contribution in [0.1, 0.15) is 23.2 Å². The molecule has 0 aliphatic carbocycles. The quantitative estimate of drug-likeness (QED) is 0.747.